The summed E-state index contributed by atoms with van der Waals surface area (Å²) in [6, 6.07) is 15.9. The van der Waals surface area contributed by atoms with Crippen molar-refractivity contribution in [3.63, 3.8) is 0 Å². The van der Waals surface area contributed by atoms with Crippen LogP contribution in [0.3, 0.4) is 0 Å². The Morgan fingerprint density at radius 3 is 2.17 bits per heavy atom. The maximum atomic E-state index is 13.7. The number of Topliss-reactive ketones (excluding diaryl/α,β-unsaturated/α-hetero) is 1. The van der Waals surface area contributed by atoms with E-state index in [2.05, 4.69) is 0 Å². The zero-order valence-corrected chi connectivity index (χ0v) is 20.2. The third kappa shape index (κ3) is 4.62. The van der Waals surface area contributed by atoms with Crippen molar-refractivity contribution in [1.29, 1.82) is 0 Å². The van der Waals surface area contributed by atoms with E-state index in [0.717, 1.165) is 0 Å². The van der Waals surface area contributed by atoms with Gasteiger partial charge in [0.05, 0.1) is 37.5 Å². The highest BCUT2D eigenvalue weighted by Crippen LogP contribution is 2.44. The van der Waals surface area contributed by atoms with Crippen molar-refractivity contribution in [3.8, 4) is 17.2 Å². The molecule has 1 atom stereocenters. The predicted molar refractivity (Wildman–Crippen MR) is 133 cm³/mol. The molecule has 1 fully saturated rings. The predicted octanol–water partition coefficient (Wildman–Crippen LogP) is 5.26. The molecular weight excluding hydrogens is 465 g/mol. The second-order valence-corrected chi connectivity index (χ2v) is 7.94. The number of hydrogen-bond acceptors (Lipinski definition) is 6. The van der Waals surface area contributed by atoms with Gasteiger partial charge in [0.25, 0.3) is 11.7 Å². The molecule has 7 nitrogen and oxygen atoms in total. The minimum Gasteiger partial charge on any atom is -0.507 e. The second kappa shape index (κ2) is 10.5. The molecule has 3 aromatic carbocycles. The molecule has 0 aromatic heterocycles. The number of carbonyl (C=O) groups excluding carboxylic acids is 2. The number of methoxy groups -OCH3 is 1. The summed E-state index contributed by atoms with van der Waals surface area (Å²) in [5, 5.41) is 11.4. The van der Waals surface area contributed by atoms with E-state index in [9.17, 15) is 19.1 Å². The molecule has 8 heteroatoms. The zero-order valence-electron chi connectivity index (χ0n) is 20.2. The minimum atomic E-state index is -1.000. The number of aliphatic hydroxyl groups excluding tert-OH is 1. The molecule has 1 unspecified atom stereocenters. The van der Waals surface area contributed by atoms with Gasteiger partial charge in [0.2, 0.25) is 0 Å². The number of anilines is 1. The summed E-state index contributed by atoms with van der Waals surface area (Å²) in [4.78, 5) is 27.9. The molecule has 1 aliphatic heterocycles. The summed E-state index contributed by atoms with van der Waals surface area (Å²) in [5.41, 5.74) is 0.979. The van der Waals surface area contributed by atoms with Crippen molar-refractivity contribution >= 4 is 23.1 Å². The van der Waals surface area contributed by atoms with E-state index in [0.29, 0.717) is 41.7 Å². The number of aliphatic hydroxyl groups is 1. The lowest BCUT2D eigenvalue weighted by molar-refractivity contribution is -0.132. The van der Waals surface area contributed by atoms with Gasteiger partial charge in [0.15, 0.2) is 0 Å². The first-order valence-corrected chi connectivity index (χ1v) is 11.5. The van der Waals surface area contributed by atoms with E-state index < -0.39 is 29.3 Å². The quantitative estimate of drug-likeness (QED) is 0.263. The second-order valence-electron chi connectivity index (χ2n) is 7.94. The Bertz CT molecular complexity index is 1300. The van der Waals surface area contributed by atoms with Crippen LogP contribution in [0.1, 0.15) is 31.0 Å². The topological polar surface area (TPSA) is 85.3 Å². The van der Waals surface area contributed by atoms with Gasteiger partial charge in [-0.25, -0.2) is 4.39 Å². The molecule has 4 rings (SSSR count). The van der Waals surface area contributed by atoms with Gasteiger partial charge in [-0.1, -0.05) is 12.1 Å². The van der Waals surface area contributed by atoms with Crippen LogP contribution < -0.4 is 19.1 Å². The summed E-state index contributed by atoms with van der Waals surface area (Å²) in [6.07, 6.45) is 0. The lowest BCUT2D eigenvalue weighted by Gasteiger charge is -2.25. The lowest BCUT2D eigenvalue weighted by atomic mass is 9.94. The Balaban J connectivity index is 1.92. The fourth-order valence-electron chi connectivity index (χ4n) is 4.18. The van der Waals surface area contributed by atoms with Gasteiger partial charge in [-0.05, 0) is 67.9 Å². The first-order valence-electron chi connectivity index (χ1n) is 11.5. The molecule has 186 valence electrons. The molecule has 0 radical (unpaired) electrons. The summed E-state index contributed by atoms with van der Waals surface area (Å²) in [5.74, 6) is -1.14. The fraction of sp³-hybridized carbons (Fsp3) is 0.214. The molecule has 1 saturated heterocycles. The number of carbonyl (C=O) groups is 2. The number of benzene rings is 3. The summed E-state index contributed by atoms with van der Waals surface area (Å²) < 4.78 is 30.2. The van der Waals surface area contributed by atoms with Gasteiger partial charge in [-0.15, -0.1) is 0 Å². The van der Waals surface area contributed by atoms with Crippen molar-refractivity contribution in [2.24, 2.45) is 0 Å². The molecule has 1 aliphatic rings. The number of ether oxygens (including phenoxy) is 3. The lowest BCUT2D eigenvalue weighted by Crippen LogP contribution is -2.29. The monoisotopic (exact) mass is 491 g/mol. The first kappa shape index (κ1) is 24.8. The number of rotatable bonds is 8. The van der Waals surface area contributed by atoms with E-state index in [1.54, 1.807) is 49.4 Å². The summed E-state index contributed by atoms with van der Waals surface area (Å²) in [7, 11) is 1.52. The smallest absolute Gasteiger partial charge is 0.300 e. The normalized spacial score (nSPS) is 16.8. The maximum absolute atomic E-state index is 13.7. The standard InChI is InChI=1S/C28H26FNO6/c1-4-35-21-14-15-22(23(16-21)36-5-2)26(31)24-25(17-6-8-18(29)9-7-17)30(28(33)27(24)32)19-10-12-20(34-3)13-11-19/h6-16,25,31H,4-5H2,1-3H3/b26-24-. The number of ketones is 1. The molecule has 0 saturated carbocycles. The minimum absolute atomic E-state index is 0.132. The highest BCUT2D eigenvalue weighted by Gasteiger charge is 2.47. The van der Waals surface area contributed by atoms with Gasteiger partial charge in [-0.3, -0.25) is 14.5 Å². The zero-order chi connectivity index (χ0) is 25.8. The Morgan fingerprint density at radius 1 is 0.917 bits per heavy atom. The van der Waals surface area contributed by atoms with E-state index in [-0.39, 0.29) is 11.1 Å². The van der Waals surface area contributed by atoms with E-state index >= 15 is 0 Å². The molecule has 1 amide bonds. The van der Waals surface area contributed by atoms with Crippen LogP contribution in [0.2, 0.25) is 0 Å². The highest BCUT2D eigenvalue weighted by molar-refractivity contribution is 6.51. The number of hydrogen-bond donors (Lipinski definition) is 1. The summed E-state index contributed by atoms with van der Waals surface area (Å²) in [6.45, 7) is 4.38. The molecule has 1 heterocycles. The van der Waals surface area contributed by atoms with Crippen molar-refractivity contribution in [2.45, 2.75) is 19.9 Å². The van der Waals surface area contributed by atoms with Crippen LogP contribution in [-0.2, 0) is 9.59 Å². The van der Waals surface area contributed by atoms with Crippen molar-refractivity contribution in [2.75, 3.05) is 25.2 Å². The van der Waals surface area contributed by atoms with E-state index in [1.807, 2.05) is 6.92 Å². The molecule has 3 aromatic rings. The number of amides is 1. The maximum Gasteiger partial charge on any atom is 0.300 e. The van der Waals surface area contributed by atoms with E-state index in [1.165, 1.54) is 36.3 Å². The molecule has 0 spiro atoms. The largest absolute Gasteiger partial charge is 0.507 e. The van der Waals surface area contributed by atoms with Gasteiger partial charge in [-0.2, -0.15) is 0 Å². The van der Waals surface area contributed by atoms with Gasteiger partial charge in [0, 0.05) is 11.8 Å². The van der Waals surface area contributed by atoms with Crippen molar-refractivity contribution in [3.05, 3.63) is 89.2 Å². The molecule has 1 N–H and O–H groups in total. The molecule has 36 heavy (non-hydrogen) atoms. The van der Waals surface area contributed by atoms with Crippen LogP contribution in [0.5, 0.6) is 17.2 Å². The van der Waals surface area contributed by atoms with Crippen LogP contribution in [0.15, 0.2) is 72.3 Å². The average molecular weight is 492 g/mol. The van der Waals surface area contributed by atoms with E-state index in [4.69, 9.17) is 14.2 Å². The van der Waals surface area contributed by atoms with Crippen LogP contribution in [0, 0.1) is 5.82 Å². The molecule has 0 aliphatic carbocycles. The fourth-order valence-corrected chi connectivity index (χ4v) is 4.18. The Kier molecular flexibility index (Phi) is 7.24. The summed E-state index contributed by atoms with van der Waals surface area (Å²) >= 11 is 0. The Hall–Kier alpha value is -4.33. The highest BCUT2D eigenvalue weighted by atomic mass is 19.1. The molecule has 0 bridgehead atoms. The third-order valence-electron chi connectivity index (χ3n) is 5.80. The van der Waals surface area contributed by atoms with Crippen molar-refractivity contribution in [1.82, 2.24) is 0 Å². The Morgan fingerprint density at radius 2 is 1.56 bits per heavy atom. The van der Waals surface area contributed by atoms with Crippen LogP contribution in [0.25, 0.3) is 5.76 Å². The number of nitrogens with zero attached hydrogens (tertiary/aromatic N) is 1. The SMILES string of the molecule is CCOc1ccc(/C(O)=C2/C(=O)C(=O)N(c3ccc(OC)cc3)C2c2ccc(F)cc2)c(OCC)c1. The average Bonchev–Trinajstić information content (AvgIpc) is 3.15. The van der Waals surface area contributed by atoms with Gasteiger partial charge >= 0.3 is 0 Å². The Labute approximate surface area is 208 Å². The number of halogens is 1. The van der Waals surface area contributed by atoms with Crippen LogP contribution in [0.4, 0.5) is 10.1 Å². The van der Waals surface area contributed by atoms with Gasteiger partial charge in [0.1, 0.15) is 28.8 Å². The molecular formula is C28H26FNO6. The third-order valence-corrected chi connectivity index (χ3v) is 5.80. The van der Waals surface area contributed by atoms with Crippen LogP contribution in [-0.4, -0.2) is 37.1 Å². The first-order chi connectivity index (χ1) is 17.4. The van der Waals surface area contributed by atoms with Crippen molar-refractivity contribution < 1.29 is 33.3 Å². The van der Waals surface area contributed by atoms with Crippen LogP contribution >= 0.6 is 0 Å². The van der Waals surface area contributed by atoms with Gasteiger partial charge < -0.3 is 19.3 Å².